The summed E-state index contributed by atoms with van der Waals surface area (Å²) in [6, 6.07) is 6.07. The molecule has 4 rings (SSSR count). The van der Waals surface area contributed by atoms with Gasteiger partial charge in [-0.05, 0) is 51.3 Å². The predicted molar refractivity (Wildman–Crippen MR) is 92.4 cm³/mol. The summed E-state index contributed by atoms with van der Waals surface area (Å²) >= 11 is 0. The number of benzene rings is 1. The molecule has 5 nitrogen and oxygen atoms in total. The normalized spacial score (nSPS) is 14.1. The van der Waals surface area contributed by atoms with Gasteiger partial charge in [-0.15, -0.1) is 0 Å². The largest absolute Gasteiger partial charge is 0.362 e. The first-order valence-corrected chi connectivity index (χ1v) is 8.17. The van der Waals surface area contributed by atoms with E-state index in [1.165, 1.54) is 6.26 Å². The summed E-state index contributed by atoms with van der Waals surface area (Å²) < 4.78 is 4.90. The zero-order valence-corrected chi connectivity index (χ0v) is 14.0. The van der Waals surface area contributed by atoms with Crippen LogP contribution in [0.4, 0.5) is 5.82 Å². The fraction of sp³-hybridized carbons (Fsp3) is 0.316. The van der Waals surface area contributed by atoms with E-state index in [4.69, 9.17) is 9.51 Å². The molecule has 2 aromatic heterocycles. The molecule has 0 saturated heterocycles. The number of hydrogen-bond donors (Lipinski definition) is 1. The van der Waals surface area contributed by atoms with E-state index < -0.39 is 0 Å². The van der Waals surface area contributed by atoms with Crippen LogP contribution < -0.4 is 5.32 Å². The van der Waals surface area contributed by atoms with E-state index in [0.29, 0.717) is 17.3 Å². The standard InChI is InChI=1S/C19H19N3O2/c1-10-6-11(2)17-14(7-10)15(8-16(20-17)13-4-5-13)19(23)21-18-12(3)9-24-22-18/h6-9,13H,4-5H2,1-3H3,(H,21,22,23). The number of carbonyl (C=O) groups is 1. The van der Waals surface area contributed by atoms with Gasteiger partial charge in [-0.2, -0.15) is 0 Å². The number of aryl methyl sites for hydroxylation is 3. The number of hydrogen-bond acceptors (Lipinski definition) is 4. The second-order valence-corrected chi connectivity index (χ2v) is 6.65. The third-order valence-electron chi connectivity index (χ3n) is 4.49. The molecule has 0 unspecified atom stereocenters. The minimum Gasteiger partial charge on any atom is -0.362 e. The van der Waals surface area contributed by atoms with Crippen molar-refractivity contribution in [3.8, 4) is 0 Å². The van der Waals surface area contributed by atoms with Crippen LogP contribution in [0.25, 0.3) is 10.9 Å². The molecule has 1 saturated carbocycles. The number of nitrogens with one attached hydrogen (secondary N) is 1. The van der Waals surface area contributed by atoms with Crippen LogP contribution in [-0.2, 0) is 0 Å². The molecule has 0 spiro atoms. The predicted octanol–water partition coefficient (Wildman–Crippen LogP) is 4.28. The van der Waals surface area contributed by atoms with Crippen molar-refractivity contribution in [2.24, 2.45) is 0 Å². The van der Waals surface area contributed by atoms with E-state index in [9.17, 15) is 4.79 Å². The Bertz CT molecular complexity index is 955. The molecular formula is C19H19N3O2. The van der Waals surface area contributed by atoms with Gasteiger partial charge in [0.1, 0.15) is 6.26 Å². The van der Waals surface area contributed by atoms with Crippen molar-refractivity contribution in [2.75, 3.05) is 5.32 Å². The molecule has 1 fully saturated rings. The van der Waals surface area contributed by atoms with Gasteiger partial charge < -0.3 is 9.84 Å². The number of pyridine rings is 1. The number of aromatic nitrogens is 2. The fourth-order valence-electron chi connectivity index (χ4n) is 3.06. The van der Waals surface area contributed by atoms with E-state index in [1.54, 1.807) is 0 Å². The Labute approximate surface area is 140 Å². The van der Waals surface area contributed by atoms with Crippen LogP contribution in [0.1, 0.15) is 51.5 Å². The summed E-state index contributed by atoms with van der Waals surface area (Å²) in [6.45, 7) is 5.92. The van der Waals surface area contributed by atoms with Crippen molar-refractivity contribution < 1.29 is 9.32 Å². The number of fused-ring (bicyclic) bond motifs is 1. The zero-order chi connectivity index (χ0) is 16.8. The molecular weight excluding hydrogens is 302 g/mol. The number of anilines is 1. The molecule has 122 valence electrons. The minimum atomic E-state index is -0.175. The molecule has 1 aliphatic carbocycles. The average molecular weight is 321 g/mol. The third-order valence-corrected chi connectivity index (χ3v) is 4.49. The van der Waals surface area contributed by atoms with E-state index in [2.05, 4.69) is 16.5 Å². The molecule has 2 heterocycles. The molecule has 0 atom stereocenters. The van der Waals surface area contributed by atoms with Gasteiger partial charge in [0.25, 0.3) is 5.91 Å². The maximum atomic E-state index is 12.9. The summed E-state index contributed by atoms with van der Waals surface area (Å²) in [4.78, 5) is 17.7. The molecule has 24 heavy (non-hydrogen) atoms. The van der Waals surface area contributed by atoms with Gasteiger partial charge in [-0.1, -0.05) is 16.8 Å². The van der Waals surface area contributed by atoms with E-state index in [0.717, 1.165) is 46.1 Å². The Balaban J connectivity index is 1.86. The quantitative estimate of drug-likeness (QED) is 0.782. The lowest BCUT2D eigenvalue weighted by Gasteiger charge is -2.12. The summed E-state index contributed by atoms with van der Waals surface area (Å²) in [5, 5.41) is 7.58. The van der Waals surface area contributed by atoms with Crippen molar-refractivity contribution in [1.82, 2.24) is 10.1 Å². The first-order valence-electron chi connectivity index (χ1n) is 8.17. The van der Waals surface area contributed by atoms with Gasteiger partial charge in [0, 0.05) is 22.6 Å². The molecule has 1 N–H and O–H groups in total. The number of amides is 1. The van der Waals surface area contributed by atoms with Crippen LogP contribution in [0.2, 0.25) is 0 Å². The SMILES string of the molecule is Cc1cc(C)c2nc(C3CC3)cc(C(=O)Nc3nocc3C)c2c1. The van der Waals surface area contributed by atoms with Crippen LogP contribution >= 0.6 is 0 Å². The highest BCUT2D eigenvalue weighted by Gasteiger charge is 2.27. The van der Waals surface area contributed by atoms with Crippen LogP contribution in [0.3, 0.4) is 0 Å². The van der Waals surface area contributed by atoms with Crippen LogP contribution in [0.15, 0.2) is 29.0 Å². The van der Waals surface area contributed by atoms with E-state index >= 15 is 0 Å². The van der Waals surface area contributed by atoms with Gasteiger partial charge in [0.15, 0.2) is 5.82 Å². The van der Waals surface area contributed by atoms with Crippen molar-refractivity contribution in [3.63, 3.8) is 0 Å². The van der Waals surface area contributed by atoms with Crippen LogP contribution in [0, 0.1) is 20.8 Å². The third kappa shape index (κ3) is 2.56. The second kappa shape index (κ2) is 5.44. The number of nitrogens with zero attached hydrogens (tertiary/aromatic N) is 2. The smallest absolute Gasteiger partial charge is 0.257 e. The van der Waals surface area contributed by atoms with Gasteiger partial charge in [0.05, 0.1) is 11.1 Å². The van der Waals surface area contributed by atoms with E-state index in [1.807, 2.05) is 32.9 Å². The lowest BCUT2D eigenvalue weighted by Crippen LogP contribution is -2.14. The topological polar surface area (TPSA) is 68.0 Å². The maximum absolute atomic E-state index is 12.9. The Kier molecular flexibility index (Phi) is 3.37. The molecule has 1 aliphatic rings. The Morgan fingerprint density at radius 2 is 1.96 bits per heavy atom. The maximum Gasteiger partial charge on any atom is 0.257 e. The number of rotatable bonds is 3. The Morgan fingerprint density at radius 1 is 1.17 bits per heavy atom. The highest BCUT2D eigenvalue weighted by Crippen LogP contribution is 2.40. The Hall–Kier alpha value is -2.69. The average Bonchev–Trinajstić information content (AvgIpc) is 3.31. The molecule has 5 heteroatoms. The molecule has 3 aromatic rings. The first-order chi connectivity index (χ1) is 11.5. The van der Waals surface area contributed by atoms with Gasteiger partial charge in [0.2, 0.25) is 0 Å². The second-order valence-electron chi connectivity index (χ2n) is 6.65. The van der Waals surface area contributed by atoms with Crippen LogP contribution in [0.5, 0.6) is 0 Å². The highest BCUT2D eigenvalue weighted by molar-refractivity contribution is 6.12. The zero-order valence-electron chi connectivity index (χ0n) is 14.0. The van der Waals surface area contributed by atoms with Crippen molar-refractivity contribution in [1.29, 1.82) is 0 Å². The summed E-state index contributed by atoms with van der Waals surface area (Å²) in [5.41, 5.74) is 5.59. The minimum absolute atomic E-state index is 0.175. The van der Waals surface area contributed by atoms with Gasteiger partial charge >= 0.3 is 0 Å². The monoisotopic (exact) mass is 321 g/mol. The first kappa shape index (κ1) is 14.9. The lowest BCUT2D eigenvalue weighted by molar-refractivity contribution is 0.102. The highest BCUT2D eigenvalue weighted by atomic mass is 16.5. The molecule has 0 bridgehead atoms. The molecule has 0 aliphatic heterocycles. The fourth-order valence-corrected chi connectivity index (χ4v) is 3.06. The van der Waals surface area contributed by atoms with Crippen molar-refractivity contribution in [2.45, 2.75) is 39.5 Å². The summed E-state index contributed by atoms with van der Waals surface area (Å²) in [5.74, 6) is 0.768. The molecule has 1 amide bonds. The summed E-state index contributed by atoms with van der Waals surface area (Å²) in [7, 11) is 0. The van der Waals surface area contributed by atoms with Crippen molar-refractivity contribution in [3.05, 3.63) is 52.4 Å². The lowest BCUT2D eigenvalue weighted by atomic mass is 10.00. The van der Waals surface area contributed by atoms with Crippen LogP contribution in [-0.4, -0.2) is 16.0 Å². The summed E-state index contributed by atoms with van der Waals surface area (Å²) in [6.07, 6.45) is 3.81. The van der Waals surface area contributed by atoms with E-state index in [-0.39, 0.29) is 5.91 Å². The Morgan fingerprint density at radius 3 is 2.62 bits per heavy atom. The number of carbonyl (C=O) groups excluding carboxylic acids is 1. The van der Waals surface area contributed by atoms with Gasteiger partial charge in [-0.25, -0.2) is 0 Å². The van der Waals surface area contributed by atoms with Crippen molar-refractivity contribution >= 4 is 22.6 Å². The molecule has 0 radical (unpaired) electrons. The molecule has 1 aromatic carbocycles. The van der Waals surface area contributed by atoms with Gasteiger partial charge in [-0.3, -0.25) is 9.78 Å².